The molecule has 0 saturated carbocycles. The molecule has 1 unspecified atom stereocenters. The fraction of sp³-hybridized carbons (Fsp3) is 0.250. The summed E-state index contributed by atoms with van der Waals surface area (Å²) in [6, 6.07) is 34.4. The zero-order valence-corrected chi connectivity index (χ0v) is 24.0. The zero-order valence-electron chi connectivity index (χ0n) is 24.0. The predicted octanol–water partition coefficient (Wildman–Crippen LogP) is 4.96. The van der Waals surface area contributed by atoms with Crippen LogP contribution in [0.3, 0.4) is 0 Å². The van der Waals surface area contributed by atoms with Crippen molar-refractivity contribution >= 4 is 17.8 Å². The number of nitrogens with two attached hydrogens (primary N) is 1. The highest BCUT2D eigenvalue weighted by Crippen LogP contribution is 2.31. The van der Waals surface area contributed by atoms with Gasteiger partial charge in [0.2, 0.25) is 11.8 Å². The highest BCUT2D eigenvalue weighted by molar-refractivity contribution is 5.92. The van der Waals surface area contributed by atoms with E-state index < -0.39 is 24.0 Å². The van der Waals surface area contributed by atoms with E-state index in [4.69, 9.17) is 10.5 Å². The van der Waals surface area contributed by atoms with Crippen molar-refractivity contribution in [3.8, 4) is 0 Å². The van der Waals surface area contributed by atoms with Crippen molar-refractivity contribution in [2.45, 2.75) is 56.3 Å². The van der Waals surface area contributed by atoms with Crippen LogP contribution in [0.4, 0.5) is 0 Å². The SMILES string of the molecule is N[C@@H](CC[C@@H](NC(=O)C(c1ccccc1)c1ccccc1)C(=O)NC1CCc2ccccc21)C(=O)OCc1ccccc1. The first-order chi connectivity index (χ1) is 21.0. The maximum absolute atomic E-state index is 13.9. The van der Waals surface area contributed by atoms with Gasteiger partial charge in [0.15, 0.2) is 0 Å². The summed E-state index contributed by atoms with van der Waals surface area (Å²) in [6.45, 7) is 0.116. The third-order valence-electron chi connectivity index (χ3n) is 7.90. The van der Waals surface area contributed by atoms with Crippen molar-refractivity contribution in [2.24, 2.45) is 5.73 Å². The molecule has 0 heterocycles. The Morgan fingerprint density at radius 3 is 1.98 bits per heavy atom. The Morgan fingerprint density at radius 1 is 0.744 bits per heavy atom. The molecule has 0 fully saturated rings. The van der Waals surface area contributed by atoms with E-state index in [1.54, 1.807) is 0 Å². The lowest BCUT2D eigenvalue weighted by molar-refractivity contribution is -0.146. The number of hydrogen-bond acceptors (Lipinski definition) is 5. The summed E-state index contributed by atoms with van der Waals surface area (Å²) in [5.41, 5.74) is 11.0. The average molecular weight is 576 g/mol. The number of rotatable bonds is 12. The molecule has 2 amide bonds. The van der Waals surface area contributed by atoms with E-state index in [0.29, 0.717) is 0 Å². The van der Waals surface area contributed by atoms with Gasteiger partial charge in [0, 0.05) is 0 Å². The van der Waals surface area contributed by atoms with E-state index in [1.165, 1.54) is 5.56 Å². The van der Waals surface area contributed by atoms with E-state index in [2.05, 4.69) is 16.7 Å². The highest BCUT2D eigenvalue weighted by Gasteiger charge is 2.31. The Hall–Kier alpha value is -4.75. The van der Waals surface area contributed by atoms with E-state index in [9.17, 15) is 14.4 Å². The van der Waals surface area contributed by atoms with Gasteiger partial charge in [-0.05, 0) is 53.5 Å². The molecule has 1 aliphatic carbocycles. The molecule has 0 spiro atoms. The molecular weight excluding hydrogens is 538 g/mol. The van der Waals surface area contributed by atoms with Crippen molar-refractivity contribution in [3.63, 3.8) is 0 Å². The van der Waals surface area contributed by atoms with Gasteiger partial charge in [-0.3, -0.25) is 14.4 Å². The molecule has 0 bridgehead atoms. The lowest BCUT2D eigenvalue weighted by Crippen LogP contribution is -2.49. The molecule has 4 N–H and O–H groups in total. The lowest BCUT2D eigenvalue weighted by Gasteiger charge is -2.25. The van der Waals surface area contributed by atoms with Crippen LogP contribution < -0.4 is 16.4 Å². The summed E-state index contributed by atoms with van der Waals surface area (Å²) < 4.78 is 5.41. The molecule has 0 aromatic heterocycles. The molecule has 7 nitrogen and oxygen atoms in total. The second kappa shape index (κ2) is 14.4. The number of nitrogens with one attached hydrogen (secondary N) is 2. The molecule has 0 radical (unpaired) electrons. The van der Waals surface area contributed by atoms with Gasteiger partial charge < -0.3 is 21.1 Å². The quantitative estimate of drug-likeness (QED) is 0.207. The van der Waals surface area contributed by atoms with E-state index in [0.717, 1.165) is 35.1 Å². The van der Waals surface area contributed by atoms with Crippen LogP contribution in [0.15, 0.2) is 115 Å². The fourth-order valence-electron chi connectivity index (χ4n) is 5.59. The Balaban J connectivity index is 1.31. The molecule has 0 saturated heterocycles. The number of aryl methyl sites for hydroxylation is 1. The van der Waals surface area contributed by atoms with Crippen molar-refractivity contribution < 1.29 is 19.1 Å². The van der Waals surface area contributed by atoms with Crippen LogP contribution in [0.2, 0.25) is 0 Å². The van der Waals surface area contributed by atoms with E-state index in [-0.39, 0.29) is 37.3 Å². The minimum Gasteiger partial charge on any atom is -0.460 e. The van der Waals surface area contributed by atoms with Crippen molar-refractivity contribution in [1.29, 1.82) is 0 Å². The number of benzene rings is 4. The highest BCUT2D eigenvalue weighted by atomic mass is 16.5. The summed E-state index contributed by atoms with van der Waals surface area (Å²) in [7, 11) is 0. The van der Waals surface area contributed by atoms with Gasteiger partial charge in [0.05, 0.1) is 12.0 Å². The van der Waals surface area contributed by atoms with Gasteiger partial charge in [-0.15, -0.1) is 0 Å². The Kier molecular flexibility index (Phi) is 9.97. The van der Waals surface area contributed by atoms with Crippen LogP contribution in [-0.2, 0) is 32.1 Å². The molecule has 0 aliphatic heterocycles. The number of fused-ring (bicyclic) bond motifs is 1. The number of ether oxygens (including phenoxy) is 1. The average Bonchev–Trinajstić information content (AvgIpc) is 3.45. The molecule has 7 heteroatoms. The summed E-state index contributed by atoms with van der Waals surface area (Å²) in [5.74, 6) is -1.77. The van der Waals surface area contributed by atoms with Crippen molar-refractivity contribution in [3.05, 3.63) is 143 Å². The molecule has 43 heavy (non-hydrogen) atoms. The number of carbonyl (C=O) groups is 3. The summed E-state index contributed by atoms with van der Waals surface area (Å²) >= 11 is 0. The smallest absolute Gasteiger partial charge is 0.323 e. The van der Waals surface area contributed by atoms with Crippen LogP contribution in [0.25, 0.3) is 0 Å². The van der Waals surface area contributed by atoms with E-state index in [1.807, 2.05) is 109 Å². The molecule has 5 rings (SSSR count). The lowest BCUT2D eigenvalue weighted by atomic mass is 9.90. The zero-order chi connectivity index (χ0) is 30.0. The third-order valence-corrected chi connectivity index (χ3v) is 7.90. The molecule has 4 aromatic rings. The van der Waals surface area contributed by atoms with Crippen LogP contribution >= 0.6 is 0 Å². The maximum atomic E-state index is 13.9. The summed E-state index contributed by atoms with van der Waals surface area (Å²) in [4.78, 5) is 40.3. The number of carbonyl (C=O) groups excluding carboxylic acids is 3. The second-order valence-corrected chi connectivity index (χ2v) is 10.9. The Labute approximate surface area is 252 Å². The molecule has 220 valence electrons. The van der Waals surface area contributed by atoms with Crippen molar-refractivity contribution in [1.82, 2.24) is 10.6 Å². The van der Waals surface area contributed by atoms with Gasteiger partial charge in [0.25, 0.3) is 0 Å². The van der Waals surface area contributed by atoms with Crippen molar-refractivity contribution in [2.75, 3.05) is 0 Å². The van der Waals surface area contributed by atoms with Gasteiger partial charge >= 0.3 is 5.97 Å². The fourth-order valence-corrected chi connectivity index (χ4v) is 5.59. The minimum atomic E-state index is -0.942. The normalized spacial score (nSPS) is 15.3. The van der Waals surface area contributed by atoms with Crippen LogP contribution in [0.5, 0.6) is 0 Å². The first-order valence-electron chi connectivity index (χ1n) is 14.7. The molecule has 4 aromatic carbocycles. The van der Waals surface area contributed by atoms with Crippen LogP contribution in [0.1, 0.15) is 59.0 Å². The van der Waals surface area contributed by atoms with Gasteiger partial charge in [-0.1, -0.05) is 115 Å². The second-order valence-electron chi connectivity index (χ2n) is 10.9. The summed E-state index contributed by atoms with van der Waals surface area (Å²) in [5, 5.41) is 6.15. The largest absolute Gasteiger partial charge is 0.460 e. The van der Waals surface area contributed by atoms with Gasteiger partial charge in [0.1, 0.15) is 18.7 Å². The first-order valence-corrected chi connectivity index (χ1v) is 14.7. The number of amides is 2. The third kappa shape index (κ3) is 7.76. The van der Waals surface area contributed by atoms with E-state index >= 15 is 0 Å². The Bertz CT molecular complexity index is 1470. The van der Waals surface area contributed by atoms with Crippen LogP contribution in [-0.4, -0.2) is 29.9 Å². The molecule has 1 aliphatic rings. The predicted molar refractivity (Wildman–Crippen MR) is 166 cm³/mol. The van der Waals surface area contributed by atoms with Crippen LogP contribution in [0, 0.1) is 0 Å². The Morgan fingerprint density at radius 2 is 1.33 bits per heavy atom. The molecule has 3 atom stereocenters. The monoisotopic (exact) mass is 575 g/mol. The standard InChI is InChI=1S/C36H37N3O4/c37-30(36(42)43-24-25-12-4-1-5-13-25)21-23-32(34(40)38-31-22-20-26-14-10-11-19-29(26)31)39-35(41)33(27-15-6-2-7-16-27)28-17-8-3-9-18-28/h1-19,30-33H,20-24,37H2,(H,38,40)(H,39,41)/t30-,31?,32+/m0/s1. The number of hydrogen-bond donors (Lipinski definition) is 3. The summed E-state index contributed by atoms with van der Waals surface area (Å²) in [6.07, 6.45) is 1.99. The first kappa shape index (κ1) is 29.7. The maximum Gasteiger partial charge on any atom is 0.323 e. The van der Waals surface area contributed by atoms with Gasteiger partial charge in [-0.2, -0.15) is 0 Å². The minimum absolute atomic E-state index is 0.116. The number of esters is 1. The topological polar surface area (TPSA) is 111 Å². The van der Waals surface area contributed by atoms with Gasteiger partial charge in [-0.25, -0.2) is 0 Å². The molecular formula is C36H37N3O4.